The van der Waals surface area contributed by atoms with Crippen molar-refractivity contribution >= 4 is 5.71 Å². The van der Waals surface area contributed by atoms with E-state index in [-0.39, 0.29) is 6.29 Å². The third-order valence-electron chi connectivity index (χ3n) is 2.10. The molecule has 2 rings (SSSR count). The fourth-order valence-electron chi connectivity index (χ4n) is 1.43. The zero-order valence-corrected chi connectivity index (χ0v) is 8.14. The van der Waals surface area contributed by atoms with E-state index >= 15 is 0 Å². The Morgan fingerprint density at radius 3 is 2.93 bits per heavy atom. The first-order valence-electron chi connectivity index (χ1n) is 4.80. The molecule has 1 aromatic carbocycles. The van der Waals surface area contributed by atoms with Crippen LogP contribution in [-0.2, 0) is 9.57 Å². The number of oxime groups is 1. The second-order valence-corrected chi connectivity index (χ2v) is 3.10. The highest BCUT2D eigenvalue weighted by Gasteiger charge is 2.21. The molecule has 0 fully saturated rings. The molecule has 0 aliphatic carbocycles. The number of hydrogen-bond acceptors (Lipinski definition) is 3. The number of hydrogen-bond donors (Lipinski definition) is 0. The molecule has 74 valence electrons. The number of benzene rings is 1. The quantitative estimate of drug-likeness (QED) is 0.733. The number of rotatable bonds is 3. The molecular weight excluding hydrogens is 178 g/mol. The van der Waals surface area contributed by atoms with E-state index in [2.05, 4.69) is 5.16 Å². The van der Waals surface area contributed by atoms with Crippen LogP contribution in [0.2, 0.25) is 0 Å². The van der Waals surface area contributed by atoms with Crippen LogP contribution in [-0.4, -0.2) is 18.6 Å². The van der Waals surface area contributed by atoms with Crippen LogP contribution in [0, 0.1) is 0 Å². The lowest BCUT2D eigenvalue weighted by atomic mass is 10.1. The Labute approximate surface area is 83.3 Å². The summed E-state index contributed by atoms with van der Waals surface area (Å²) in [6.07, 6.45) is 0.535. The van der Waals surface area contributed by atoms with Gasteiger partial charge in [-0.25, -0.2) is 0 Å². The fourth-order valence-corrected chi connectivity index (χ4v) is 1.43. The van der Waals surface area contributed by atoms with Gasteiger partial charge in [-0.2, -0.15) is 0 Å². The molecule has 0 amide bonds. The van der Waals surface area contributed by atoms with Gasteiger partial charge in [-0.05, 0) is 12.5 Å². The van der Waals surface area contributed by atoms with Crippen LogP contribution < -0.4 is 0 Å². The fraction of sp³-hybridized carbons (Fsp3) is 0.364. The average molecular weight is 191 g/mol. The van der Waals surface area contributed by atoms with Crippen molar-refractivity contribution < 1.29 is 9.57 Å². The van der Waals surface area contributed by atoms with Crippen molar-refractivity contribution in [2.75, 3.05) is 6.61 Å². The highest BCUT2D eigenvalue weighted by atomic mass is 16.8. The van der Waals surface area contributed by atoms with E-state index in [1.165, 1.54) is 0 Å². The minimum Gasteiger partial charge on any atom is -0.363 e. The van der Waals surface area contributed by atoms with Crippen molar-refractivity contribution in [3.8, 4) is 0 Å². The molecule has 14 heavy (non-hydrogen) atoms. The van der Waals surface area contributed by atoms with Gasteiger partial charge >= 0.3 is 0 Å². The Morgan fingerprint density at radius 2 is 2.21 bits per heavy atom. The number of nitrogens with zero attached hydrogens (tertiary/aromatic N) is 1. The summed E-state index contributed by atoms with van der Waals surface area (Å²) in [5, 5.41) is 4.00. The highest BCUT2D eigenvalue weighted by Crippen LogP contribution is 2.16. The predicted octanol–water partition coefficient (Wildman–Crippen LogP) is 2.17. The summed E-state index contributed by atoms with van der Waals surface area (Å²) in [6, 6.07) is 10.0. The lowest BCUT2D eigenvalue weighted by molar-refractivity contribution is -0.120. The topological polar surface area (TPSA) is 30.8 Å². The van der Waals surface area contributed by atoms with Gasteiger partial charge in [0.25, 0.3) is 0 Å². The van der Waals surface area contributed by atoms with Gasteiger partial charge in [0, 0.05) is 6.61 Å². The van der Waals surface area contributed by atoms with Gasteiger partial charge in [0.05, 0.1) is 12.1 Å². The largest absolute Gasteiger partial charge is 0.363 e. The first-order chi connectivity index (χ1) is 6.90. The van der Waals surface area contributed by atoms with Gasteiger partial charge in [0.2, 0.25) is 6.29 Å². The van der Waals surface area contributed by atoms with E-state index in [1.54, 1.807) is 0 Å². The maximum atomic E-state index is 5.32. The Balaban J connectivity index is 2.02. The molecule has 0 saturated heterocycles. The maximum Gasteiger partial charge on any atom is 0.232 e. The molecule has 1 atom stereocenters. The minimum absolute atomic E-state index is 0.199. The molecule has 0 spiro atoms. The van der Waals surface area contributed by atoms with Crippen LogP contribution in [0.3, 0.4) is 0 Å². The average Bonchev–Trinajstić information content (AvgIpc) is 2.68. The first kappa shape index (κ1) is 9.21. The van der Waals surface area contributed by atoms with E-state index in [0.717, 1.165) is 17.7 Å². The first-order valence-corrected chi connectivity index (χ1v) is 4.80. The summed E-state index contributed by atoms with van der Waals surface area (Å²) in [4.78, 5) is 5.13. The highest BCUT2D eigenvalue weighted by molar-refractivity contribution is 6.01. The van der Waals surface area contributed by atoms with E-state index in [1.807, 2.05) is 37.3 Å². The van der Waals surface area contributed by atoms with Crippen LogP contribution in [0.15, 0.2) is 35.5 Å². The zero-order valence-electron chi connectivity index (χ0n) is 8.14. The molecule has 3 heteroatoms. The Bertz CT molecular complexity index is 321. The molecule has 0 radical (unpaired) electrons. The molecule has 1 aliphatic rings. The minimum atomic E-state index is -0.199. The summed E-state index contributed by atoms with van der Waals surface area (Å²) in [6.45, 7) is 2.60. The van der Waals surface area contributed by atoms with Crippen molar-refractivity contribution in [3.63, 3.8) is 0 Å². The second-order valence-electron chi connectivity index (χ2n) is 3.10. The SMILES string of the molecule is CCOC1CC(c2ccccc2)=NO1. The third kappa shape index (κ3) is 1.93. The summed E-state index contributed by atoms with van der Waals surface area (Å²) < 4.78 is 5.32. The van der Waals surface area contributed by atoms with E-state index in [4.69, 9.17) is 9.57 Å². The van der Waals surface area contributed by atoms with Crippen LogP contribution >= 0.6 is 0 Å². The normalized spacial score (nSPS) is 20.4. The van der Waals surface area contributed by atoms with Crippen LogP contribution in [0.5, 0.6) is 0 Å². The molecule has 1 aromatic rings. The van der Waals surface area contributed by atoms with E-state index < -0.39 is 0 Å². The Hall–Kier alpha value is -1.35. The molecule has 0 saturated carbocycles. The molecule has 3 nitrogen and oxygen atoms in total. The lowest BCUT2D eigenvalue weighted by Gasteiger charge is -2.06. The lowest BCUT2D eigenvalue weighted by Crippen LogP contribution is -2.12. The second kappa shape index (κ2) is 4.24. The van der Waals surface area contributed by atoms with E-state index in [9.17, 15) is 0 Å². The summed E-state index contributed by atoms with van der Waals surface area (Å²) in [5.74, 6) is 0. The summed E-state index contributed by atoms with van der Waals surface area (Å²) >= 11 is 0. The van der Waals surface area contributed by atoms with Gasteiger partial charge < -0.3 is 9.57 Å². The molecule has 0 N–H and O–H groups in total. The zero-order chi connectivity index (χ0) is 9.80. The predicted molar refractivity (Wildman–Crippen MR) is 54.1 cm³/mol. The monoisotopic (exact) mass is 191 g/mol. The summed E-state index contributed by atoms with van der Waals surface area (Å²) in [5.41, 5.74) is 2.07. The van der Waals surface area contributed by atoms with Crippen LogP contribution in [0.4, 0.5) is 0 Å². The van der Waals surface area contributed by atoms with Gasteiger partial charge in [-0.1, -0.05) is 35.5 Å². The van der Waals surface area contributed by atoms with Crippen molar-refractivity contribution in [3.05, 3.63) is 35.9 Å². The van der Waals surface area contributed by atoms with Crippen LogP contribution in [0.25, 0.3) is 0 Å². The molecule has 1 aliphatic heterocycles. The van der Waals surface area contributed by atoms with Gasteiger partial charge in [-0.3, -0.25) is 0 Å². The van der Waals surface area contributed by atoms with Crippen molar-refractivity contribution in [2.45, 2.75) is 19.6 Å². The Kier molecular flexibility index (Phi) is 2.79. The molecule has 0 aromatic heterocycles. The molecule has 1 unspecified atom stereocenters. The maximum absolute atomic E-state index is 5.32. The molecular formula is C11H13NO2. The molecule has 0 bridgehead atoms. The van der Waals surface area contributed by atoms with Crippen molar-refractivity contribution in [1.82, 2.24) is 0 Å². The number of ether oxygens (including phenoxy) is 1. The van der Waals surface area contributed by atoms with Crippen LogP contribution in [0.1, 0.15) is 18.9 Å². The standard InChI is InChI=1S/C11H13NO2/c1-2-13-11-8-10(12-14-11)9-6-4-3-5-7-9/h3-7,11H,2,8H2,1H3. The molecule has 1 heterocycles. The smallest absolute Gasteiger partial charge is 0.232 e. The van der Waals surface area contributed by atoms with Gasteiger partial charge in [0.15, 0.2) is 0 Å². The Morgan fingerprint density at radius 1 is 1.43 bits per heavy atom. The van der Waals surface area contributed by atoms with E-state index in [0.29, 0.717) is 6.61 Å². The van der Waals surface area contributed by atoms with Gasteiger partial charge in [-0.15, -0.1) is 0 Å². The summed E-state index contributed by atoms with van der Waals surface area (Å²) in [7, 11) is 0. The van der Waals surface area contributed by atoms with Gasteiger partial charge in [0.1, 0.15) is 0 Å². The van der Waals surface area contributed by atoms with Crippen molar-refractivity contribution in [2.24, 2.45) is 5.16 Å². The van der Waals surface area contributed by atoms with Crippen molar-refractivity contribution in [1.29, 1.82) is 0 Å². The third-order valence-corrected chi connectivity index (χ3v) is 2.10.